The smallest absolute Gasteiger partial charge is 0.189 e. The summed E-state index contributed by atoms with van der Waals surface area (Å²) in [4.78, 5) is 4.80. The van der Waals surface area contributed by atoms with Crippen LogP contribution < -0.4 is 18.9 Å². The number of hydrogen-bond acceptors (Lipinski definition) is 13. The van der Waals surface area contributed by atoms with Gasteiger partial charge in [-0.25, -0.2) is 0 Å². The number of aliphatic hydroxyl groups is 2. The third-order valence-electron chi connectivity index (χ3n) is 15.8. The Morgan fingerprint density at radius 3 is 1.67 bits per heavy atom. The van der Waals surface area contributed by atoms with E-state index in [0.717, 1.165) is 93.9 Å². The molecule has 2 aromatic rings. The summed E-state index contributed by atoms with van der Waals surface area (Å²) in [7, 11) is 5.04. The lowest BCUT2D eigenvalue weighted by Crippen LogP contribution is -2.77. The second-order valence-electron chi connectivity index (χ2n) is 18.4. The molecule has 8 aliphatic rings. The molecule has 4 bridgehead atoms. The highest BCUT2D eigenvalue weighted by atomic mass is 16.7. The summed E-state index contributed by atoms with van der Waals surface area (Å²) in [6, 6.07) is 8.43. The van der Waals surface area contributed by atoms with Crippen molar-refractivity contribution >= 4 is 0 Å². The molecule has 13 nitrogen and oxygen atoms in total. The SMILES string of the molecule is C=CCN1CC[C@]23c4c5ccc(OCOCCOC)c4OC2C(C)CC[C@@]3(O)C1C5.C=CCN1CC[C@]23c4c5ccc(OCOCCOC)c4OC2C(OC)CC[C@@]3(O)C1C5. The number of rotatable bonds is 17. The molecule has 0 amide bonds. The lowest BCUT2D eigenvalue weighted by atomic mass is 9.47. The number of methoxy groups -OCH3 is 3. The number of hydrogen-bond donors (Lipinski definition) is 2. The van der Waals surface area contributed by atoms with Gasteiger partial charge in [-0.15, -0.1) is 13.2 Å². The van der Waals surface area contributed by atoms with E-state index in [9.17, 15) is 10.2 Å². The Morgan fingerprint density at radius 2 is 1.18 bits per heavy atom. The lowest BCUT2D eigenvalue weighted by Gasteiger charge is -2.64. The molecule has 61 heavy (non-hydrogen) atoms. The van der Waals surface area contributed by atoms with Gasteiger partial charge in [-0.05, 0) is 93.6 Å². The van der Waals surface area contributed by atoms with Gasteiger partial charge in [-0.3, -0.25) is 9.80 Å². The van der Waals surface area contributed by atoms with Crippen molar-refractivity contribution in [1.82, 2.24) is 9.80 Å². The maximum atomic E-state index is 12.3. The van der Waals surface area contributed by atoms with Gasteiger partial charge in [-0.1, -0.05) is 31.2 Å². The number of nitrogens with zero attached hydrogens (tertiary/aromatic N) is 2. The van der Waals surface area contributed by atoms with Gasteiger partial charge in [0.2, 0.25) is 0 Å². The van der Waals surface area contributed by atoms with Crippen LogP contribution in [0.2, 0.25) is 0 Å². The van der Waals surface area contributed by atoms with Crippen molar-refractivity contribution in [3.63, 3.8) is 0 Å². The van der Waals surface area contributed by atoms with Crippen LogP contribution in [0.25, 0.3) is 0 Å². The van der Waals surface area contributed by atoms with E-state index in [0.29, 0.717) is 44.5 Å². The Kier molecular flexibility index (Phi) is 12.0. The first-order valence-corrected chi connectivity index (χ1v) is 22.4. The van der Waals surface area contributed by atoms with E-state index >= 15 is 0 Å². The molecule has 10 rings (SSSR count). The Hall–Kier alpha value is -3.24. The van der Waals surface area contributed by atoms with E-state index in [1.54, 1.807) is 21.3 Å². The first-order chi connectivity index (χ1) is 29.7. The summed E-state index contributed by atoms with van der Waals surface area (Å²) < 4.78 is 52.1. The summed E-state index contributed by atoms with van der Waals surface area (Å²) in [6.45, 7) is 15.9. The van der Waals surface area contributed by atoms with Crippen molar-refractivity contribution in [3.8, 4) is 23.0 Å². The van der Waals surface area contributed by atoms with Crippen LogP contribution in [-0.4, -0.2) is 149 Å². The highest BCUT2D eigenvalue weighted by Crippen LogP contribution is 2.67. The molecule has 4 heterocycles. The zero-order valence-corrected chi connectivity index (χ0v) is 36.5. The van der Waals surface area contributed by atoms with Gasteiger partial charge in [0.1, 0.15) is 12.2 Å². The number of benzene rings is 2. The highest BCUT2D eigenvalue weighted by molar-refractivity contribution is 5.64. The average Bonchev–Trinajstić information content (AvgIpc) is 3.80. The first-order valence-electron chi connectivity index (χ1n) is 22.4. The molecule has 6 unspecified atom stereocenters. The van der Waals surface area contributed by atoms with Crippen LogP contribution in [0, 0.1) is 5.92 Å². The predicted molar refractivity (Wildman–Crippen MR) is 228 cm³/mol. The van der Waals surface area contributed by atoms with Crippen molar-refractivity contribution < 1.29 is 52.8 Å². The second-order valence-corrected chi connectivity index (χ2v) is 18.4. The summed E-state index contributed by atoms with van der Waals surface area (Å²) in [5.41, 5.74) is 2.38. The Balaban J connectivity index is 0.000000156. The van der Waals surface area contributed by atoms with E-state index in [1.165, 1.54) is 16.7 Å². The zero-order chi connectivity index (χ0) is 42.6. The molecule has 2 spiro atoms. The van der Waals surface area contributed by atoms with Gasteiger partial charge < -0.3 is 52.8 Å². The van der Waals surface area contributed by atoms with E-state index < -0.39 is 16.6 Å². The minimum Gasteiger partial charge on any atom is -0.485 e. The third-order valence-corrected chi connectivity index (χ3v) is 15.8. The summed E-state index contributed by atoms with van der Waals surface area (Å²) in [5.74, 6) is 3.37. The van der Waals surface area contributed by atoms with Crippen molar-refractivity contribution in [3.05, 3.63) is 71.8 Å². The molecule has 2 saturated heterocycles. The summed E-state index contributed by atoms with van der Waals surface area (Å²) in [6.07, 6.45) is 10.2. The topological polar surface area (TPSA) is 130 Å². The second kappa shape index (κ2) is 17.0. The molecule has 0 radical (unpaired) electrons. The monoisotopic (exact) mass is 846 g/mol. The standard InChI is InChI=1S/C24H33NO6.C24H33NO5/c1-4-10-25-11-9-23-20-16-5-6-17(30-15-29-13-12-27-2)21(20)31-22(23)18(28-3)7-8-24(23,26)19(25)14-16;1-4-10-25-11-9-23-20-17-5-6-18(29-15-28-13-12-27-3)21(20)30-22(23)16(2)7-8-24(23,26)19(25)14-17/h4-6,18-19,22,26H,1,7-15H2,2-3H3;4-6,16,19,22,26H,1,7-15H2,2-3H3/t18?,19?,22?,23-,24+;16?,19?,22?,23-,24+/m00/s1. The largest absolute Gasteiger partial charge is 0.485 e. The van der Waals surface area contributed by atoms with Gasteiger partial charge >= 0.3 is 0 Å². The van der Waals surface area contributed by atoms with Crippen LogP contribution in [0.1, 0.15) is 67.7 Å². The van der Waals surface area contributed by atoms with Crippen LogP contribution >= 0.6 is 0 Å². The van der Waals surface area contributed by atoms with Gasteiger partial charge in [0, 0.05) is 57.6 Å². The van der Waals surface area contributed by atoms with Crippen LogP contribution in [-0.2, 0) is 47.4 Å². The molecule has 4 aliphatic heterocycles. The molecule has 4 aliphatic carbocycles. The molecule has 2 aromatic carbocycles. The average molecular weight is 847 g/mol. The van der Waals surface area contributed by atoms with Crippen molar-refractivity contribution in [2.75, 3.05) is 87.5 Å². The molecule has 13 heteroatoms. The fourth-order valence-electron chi connectivity index (χ4n) is 13.3. The van der Waals surface area contributed by atoms with E-state index in [2.05, 4.69) is 42.0 Å². The van der Waals surface area contributed by atoms with Gasteiger partial charge in [0.25, 0.3) is 0 Å². The molecule has 334 valence electrons. The van der Waals surface area contributed by atoms with E-state index in [1.807, 2.05) is 24.3 Å². The molecule has 2 N–H and O–H groups in total. The number of ether oxygens (including phenoxy) is 9. The summed E-state index contributed by atoms with van der Waals surface area (Å²) >= 11 is 0. The number of piperidine rings is 2. The summed E-state index contributed by atoms with van der Waals surface area (Å²) in [5, 5.41) is 24.6. The third kappa shape index (κ3) is 6.43. The Labute approximate surface area is 360 Å². The van der Waals surface area contributed by atoms with Gasteiger partial charge in [0.05, 0.1) is 54.6 Å². The van der Waals surface area contributed by atoms with Crippen molar-refractivity contribution in [1.29, 1.82) is 0 Å². The van der Waals surface area contributed by atoms with Crippen LogP contribution in [0.3, 0.4) is 0 Å². The molecule has 2 saturated carbocycles. The molecular weight excluding hydrogens is 781 g/mol. The Bertz CT molecular complexity index is 1950. The number of likely N-dealkylation sites (tertiary alicyclic amines) is 2. The van der Waals surface area contributed by atoms with Crippen LogP contribution in [0.15, 0.2) is 49.6 Å². The van der Waals surface area contributed by atoms with Crippen LogP contribution in [0.5, 0.6) is 23.0 Å². The maximum absolute atomic E-state index is 12.3. The molecule has 0 aromatic heterocycles. The van der Waals surface area contributed by atoms with Crippen LogP contribution in [0.4, 0.5) is 0 Å². The lowest BCUT2D eigenvalue weighted by molar-refractivity contribution is -0.210. The normalized spacial score (nSPS) is 35.8. The quantitative estimate of drug-likeness (QED) is 0.130. The van der Waals surface area contributed by atoms with Gasteiger partial charge in [-0.2, -0.15) is 0 Å². The fourth-order valence-corrected chi connectivity index (χ4v) is 13.3. The zero-order valence-electron chi connectivity index (χ0n) is 36.5. The van der Waals surface area contributed by atoms with Crippen molar-refractivity contribution in [2.24, 2.45) is 5.92 Å². The minimum atomic E-state index is -0.861. The van der Waals surface area contributed by atoms with Crippen molar-refractivity contribution in [2.45, 2.75) is 111 Å². The maximum Gasteiger partial charge on any atom is 0.189 e. The molecular formula is C48H66N2O11. The minimum absolute atomic E-state index is 0.0159. The van der Waals surface area contributed by atoms with Gasteiger partial charge in [0.15, 0.2) is 36.6 Å². The predicted octanol–water partition coefficient (Wildman–Crippen LogP) is 4.70. The Morgan fingerprint density at radius 1 is 0.689 bits per heavy atom. The van der Waals surface area contributed by atoms with E-state index in [-0.39, 0.29) is 49.4 Å². The van der Waals surface area contributed by atoms with E-state index in [4.69, 9.17) is 42.6 Å². The molecule has 10 atom stereocenters. The molecule has 4 fully saturated rings. The highest BCUT2D eigenvalue weighted by Gasteiger charge is 2.74. The fraction of sp³-hybridized carbons (Fsp3) is 0.667. The first kappa shape index (κ1) is 43.0.